The molecule has 0 aliphatic carbocycles. The van der Waals surface area contributed by atoms with Crippen LogP contribution in [0.2, 0.25) is 0 Å². The van der Waals surface area contributed by atoms with Crippen LogP contribution in [0.25, 0.3) is 11.0 Å². The number of methoxy groups -OCH3 is 1. The van der Waals surface area contributed by atoms with Gasteiger partial charge in [-0.25, -0.2) is 4.98 Å². The summed E-state index contributed by atoms with van der Waals surface area (Å²) >= 11 is 0. The van der Waals surface area contributed by atoms with Crippen molar-refractivity contribution in [2.75, 3.05) is 20.8 Å². The highest BCUT2D eigenvalue weighted by molar-refractivity contribution is 5.97. The maximum Gasteiger partial charge on any atom is 0.387 e. The average molecular weight is 423 g/mol. The molecule has 6 nitrogen and oxygen atoms in total. The molecule has 31 heavy (non-hydrogen) atoms. The van der Waals surface area contributed by atoms with Gasteiger partial charge in [-0.2, -0.15) is 8.78 Å². The zero-order valence-electron chi connectivity index (χ0n) is 16.9. The van der Waals surface area contributed by atoms with Gasteiger partial charge in [-0.05, 0) is 30.3 Å². The van der Waals surface area contributed by atoms with Crippen LogP contribution < -0.4 is 4.74 Å². The molecular weight excluding hydrogens is 404 g/mol. The molecule has 0 radical (unpaired) electrons. The first-order valence-corrected chi connectivity index (χ1v) is 9.84. The largest absolute Gasteiger partial charge is 0.434 e. The molecule has 1 aromatic heterocycles. The maximum absolute atomic E-state index is 13.1. The Balaban J connectivity index is 1.73. The topological polar surface area (TPSA) is 56.6 Å². The van der Waals surface area contributed by atoms with E-state index in [2.05, 4.69) is 11.8 Å². The molecule has 0 N–H and O–H groups in total. The first kappa shape index (κ1) is 19.5. The quantitative estimate of drug-likeness (QED) is 0.602. The third-order valence-electron chi connectivity index (χ3n) is 5.86. The first-order chi connectivity index (χ1) is 15.0. The fourth-order valence-electron chi connectivity index (χ4n) is 4.57. The van der Waals surface area contributed by atoms with Crippen LogP contribution in [0.5, 0.6) is 5.75 Å². The third-order valence-corrected chi connectivity index (χ3v) is 5.86. The van der Waals surface area contributed by atoms with E-state index < -0.39 is 6.61 Å². The molecular formula is C23H19F2N3O3. The zero-order chi connectivity index (χ0) is 21.7. The molecule has 1 amide bonds. The van der Waals surface area contributed by atoms with Crippen molar-refractivity contribution in [3.8, 4) is 17.6 Å². The highest BCUT2D eigenvalue weighted by Gasteiger charge is 2.44. The standard InChI is InChI=1S/C23H19F2N3O3/c1-27-18-12-17(20-14(22(27)29)6-3-7-19(20)31-23(24)25)28-16-11-13(5-4-10-30-2)8-9-15(16)26-21(18)28/h3,6-9,11,17-18,23H,10,12H2,1-2H3/t17-,18?/m1/s1. The van der Waals surface area contributed by atoms with Crippen molar-refractivity contribution in [3.63, 3.8) is 0 Å². The highest BCUT2D eigenvalue weighted by atomic mass is 19.3. The van der Waals surface area contributed by atoms with E-state index in [4.69, 9.17) is 14.5 Å². The predicted molar refractivity (Wildman–Crippen MR) is 109 cm³/mol. The van der Waals surface area contributed by atoms with Gasteiger partial charge in [-0.1, -0.05) is 17.9 Å². The molecule has 0 fully saturated rings. The van der Waals surface area contributed by atoms with Crippen LogP contribution in [0.15, 0.2) is 36.4 Å². The molecule has 158 valence electrons. The molecule has 2 aliphatic heterocycles. The normalized spacial score (nSPS) is 19.1. The summed E-state index contributed by atoms with van der Waals surface area (Å²) in [6.07, 6.45) is 0.538. The summed E-state index contributed by atoms with van der Waals surface area (Å²) in [5.41, 5.74) is 3.24. The summed E-state index contributed by atoms with van der Waals surface area (Å²) in [5, 5.41) is 0. The summed E-state index contributed by atoms with van der Waals surface area (Å²) in [5.74, 6) is 6.51. The number of fused-ring (bicyclic) bond motifs is 9. The summed E-state index contributed by atoms with van der Waals surface area (Å²) in [7, 11) is 3.30. The smallest absolute Gasteiger partial charge is 0.387 e. The van der Waals surface area contributed by atoms with Crippen molar-refractivity contribution in [1.29, 1.82) is 0 Å². The fraction of sp³-hybridized carbons (Fsp3) is 0.304. The second-order valence-electron chi connectivity index (χ2n) is 7.56. The molecule has 2 aliphatic rings. The number of benzene rings is 2. The van der Waals surface area contributed by atoms with E-state index in [1.54, 1.807) is 31.2 Å². The highest BCUT2D eigenvalue weighted by Crippen LogP contribution is 2.49. The monoisotopic (exact) mass is 423 g/mol. The Labute approximate surface area is 177 Å². The van der Waals surface area contributed by atoms with Crippen molar-refractivity contribution >= 4 is 16.9 Å². The number of hydrogen-bond donors (Lipinski definition) is 0. The molecule has 8 heteroatoms. The van der Waals surface area contributed by atoms with E-state index in [0.717, 1.165) is 22.4 Å². The third kappa shape index (κ3) is 3.04. The van der Waals surface area contributed by atoms with Gasteiger partial charge < -0.3 is 18.9 Å². The summed E-state index contributed by atoms with van der Waals surface area (Å²) < 4.78 is 38.1. The van der Waals surface area contributed by atoms with E-state index in [1.165, 1.54) is 6.07 Å². The Hall–Kier alpha value is -3.44. The van der Waals surface area contributed by atoms with Crippen LogP contribution in [0.4, 0.5) is 8.78 Å². The van der Waals surface area contributed by atoms with Gasteiger partial charge >= 0.3 is 6.61 Å². The first-order valence-electron chi connectivity index (χ1n) is 9.84. The number of carbonyl (C=O) groups excluding carboxylic acids is 1. The van der Waals surface area contributed by atoms with Gasteiger partial charge in [0.1, 0.15) is 18.2 Å². The van der Waals surface area contributed by atoms with Gasteiger partial charge in [0.15, 0.2) is 0 Å². The Morgan fingerprint density at radius 2 is 2.10 bits per heavy atom. The summed E-state index contributed by atoms with van der Waals surface area (Å²) in [6.45, 7) is -2.66. The molecule has 2 aromatic carbocycles. The Kier molecular flexibility index (Phi) is 4.63. The Morgan fingerprint density at radius 3 is 2.87 bits per heavy atom. The maximum atomic E-state index is 13.1. The van der Waals surface area contributed by atoms with E-state index in [-0.39, 0.29) is 23.7 Å². The lowest BCUT2D eigenvalue weighted by Gasteiger charge is -2.24. The second kappa shape index (κ2) is 7.36. The second-order valence-corrected chi connectivity index (χ2v) is 7.56. The van der Waals surface area contributed by atoms with Crippen molar-refractivity contribution in [2.45, 2.75) is 25.1 Å². The lowest BCUT2D eigenvalue weighted by Crippen LogP contribution is -2.30. The van der Waals surface area contributed by atoms with Gasteiger partial charge in [-0.3, -0.25) is 4.79 Å². The van der Waals surface area contributed by atoms with Crippen molar-refractivity contribution in [3.05, 3.63) is 58.9 Å². The lowest BCUT2D eigenvalue weighted by molar-refractivity contribution is -0.0507. The molecule has 3 aromatic rings. The van der Waals surface area contributed by atoms with Crippen LogP contribution >= 0.6 is 0 Å². The SMILES string of the molecule is COCC#Cc1ccc2nc3n(c2c1)[C@@H]1CC3N(C)C(=O)c2cccc(OC(F)F)c21. The molecule has 0 saturated carbocycles. The molecule has 3 heterocycles. The van der Waals surface area contributed by atoms with Crippen molar-refractivity contribution in [2.24, 2.45) is 0 Å². The van der Waals surface area contributed by atoms with Crippen LogP contribution in [-0.4, -0.2) is 47.7 Å². The fourth-order valence-corrected chi connectivity index (χ4v) is 4.57. The molecule has 0 saturated heterocycles. The van der Waals surface area contributed by atoms with E-state index >= 15 is 0 Å². The number of nitrogens with zero attached hydrogens (tertiary/aromatic N) is 3. The minimum atomic E-state index is -2.98. The number of halogens is 2. The van der Waals surface area contributed by atoms with Crippen LogP contribution in [0, 0.1) is 11.8 Å². The number of hydrogen-bond acceptors (Lipinski definition) is 4. The number of aromatic nitrogens is 2. The van der Waals surface area contributed by atoms with Gasteiger partial charge in [-0.15, -0.1) is 0 Å². The van der Waals surface area contributed by atoms with Crippen LogP contribution in [0.3, 0.4) is 0 Å². The number of ether oxygens (including phenoxy) is 2. The molecule has 2 atom stereocenters. The van der Waals surface area contributed by atoms with E-state index in [9.17, 15) is 13.6 Å². The van der Waals surface area contributed by atoms with Gasteiger partial charge in [0.05, 0.1) is 23.1 Å². The average Bonchev–Trinajstić information content (AvgIpc) is 3.26. The Bertz CT molecular complexity index is 1260. The zero-order valence-corrected chi connectivity index (χ0v) is 16.9. The number of carbonyl (C=O) groups is 1. The van der Waals surface area contributed by atoms with Gasteiger partial charge in [0.25, 0.3) is 5.91 Å². The molecule has 1 unspecified atom stereocenters. The Morgan fingerprint density at radius 1 is 1.26 bits per heavy atom. The summed E-state index contributed by atoms with van der Waals surface area (Å²) in [4.78, 5) is 19.5. The van der Waals surface area contributed by atoms with Gasteiger partial charge in [0, 0.05) is 37.3 Å². The number of alkyl halides is 2. The van der Waals surface area contributed by atoms with E-state index in [0.29, 0.717) is 24.2 Å². The molecule has 5 rings (SSSR count). The molecule has 2 bridgehead atoms. The van der Waals surface area contributed by atoms with Crippen LogP contribution in [-0.2, 0) is 4.74 Å². The molecule has 0 spiro atoms. The minimum absolute atomic E-state index is 0.0191. The number of imidazole rings is 1. The number of rotatable bonds is 3. The minimum Gasteiger partial charge on any atom is -0.434 e. The lowest BCUT2D eigenvalue weighted by atomic mass is 9.97. The van der Waals surface area contributed by atoms with E-state index in [1.807, 2.05) is 22.8 Å². The van der Waals surface area contributed by atoms with Crippen molar-refractivity contribution < 1.29 is 23.0 Å². The number of amides is 1. The van der Waals surface area contributed by atoms with Crippen LogP contribution in [0.1, 0.15) is 45.8 Å². The predicted octanol–water partition coefficient (Wildman–Crippen LogP) is 3.76. The van der Waals surface area contributed by atoms with Gasteiger partial charge in [0.2, 0.25) is 0 Å². The summed E-state index contributed by atoms with van der Waals surface area (Å²) in [6, 6.07) is 9.79. The van der Waals surface area contributed by atoms with Crippen molar-refractivity contribution in [1.82, 2.24) is 14.5 Å².